The Kier molecular flexibility index (Phi) is 5.09. The number of halogens is 1. The molecule has 2 aliphatic heterocycles. The van der Waals surface area contributed by atoms with Crippen LogP contribution in [0, 0.1) is 11.2 Å². The molecule has 3 aromatic carbocycles. The van der Waals surface area contributed by atoms with Gasteiger partial charge in [-0.1, -0.05) is 36.4 Å². The topological polar surface area (TPSA) is 72.9 Å². The molecule has 1 spiro atoms. The van der Waals surface area contributed by atoms with Crippen LogP contribution >= 0.6 is 0 Å². The van der Waals surface area contributed by atoms with Gasteiger partial charge in [0.2, 0.25) is 0 Å². The summed E-state index contributed by atoms with van der Waals surface area (Å²) in [7, 11) is 3.03. The summed E-state index contributed by atoms with van der Waals surface area (Å²) in [6.45, 7) is 1.46. The van der Waals surface area contributed by atoms with Crippen LogP contribution in [0.5, 0.6) is 11.5 Å². The van der Waals surface area contributed by atoms with Crippen molar-refractivity contribution >= 4 is 29.1 Å². The van der Waals surface area contributed by atoms with Crippen molar-refractivity contribution in [1.82, 2.24) is 0 Å². The van der Waals surface area contributed by atoms with Gasteiger partial charge < -0.3 is 14.4 Å². The molecule has 3 atom stereocenters. The Balaban J connectivity index is 1.71. The lowest BCUT2D eigenvalue weighted by atomic mass is 9.64. The lowest BCUT2D eigenvalue weighted by Gasteiger charge is -2.37. The van der Waals surface area contributed by atoms with Crippen LogP contribution in [0.25, 0.3) is 6.08 Å². The van der Waals surface area contributed by atoms with E-state index in [1.54, 1.807) is 60.7 Å². The van der Waals surface area contributed by atoms with Gasteiger partial charge in [0.15, 0.2) is 17.3 Å². The number of carbonyl (C=O) groups excluding carboxylic acids is 3. The minimum Gasteiger partial charge on any atom is -0.497 e. The van der Waals surface area contributed by atoms with Crippen molar-refractivity contribution < 1.29 is 28.2 Å². The molecule has 0 unspecified atom stereocenters. The molecule has 0 N–H and O–H groups in total. The van der Waals surface area contributed by atoms with E-state index >= 15 is 0 Å². The van der Waals surface area contributed by atoms with Gasteiger partial charge in [-0.3, -0.25) is 14.4 Å². The van der Waals surface area contributed by atoms with E-state index in [4.69, 9.17) is 9.47 Å². The summed E-state index contributed by atoms with van der Waals surface area (Å²) in [6, 6.07) is 14.6. The number of Topliss-reactive ketones (excluding diaryl/α,β-unsaturated/α-hetero) is 3. The van der Waals surface area contributed by atoms with Crippen molar-refractivity contribution in [3.05, 3.63) is 94.8 Å². The third-order valence-corrected chi connectivity index (χ3v) is 7.95. The largest absolute Gasteiger partial charge is 0.497 e. The lowest BCUT2D eigenvalue weighted by molar-refractivity contribution is -0.118. The molecule has 6 nitrogen and oxygen atoms in total. The monoisotopic (exact) mass is 497 g/mol. The molecular formula is C30H24FNO5. The minimum atomic E-state index is -1.64. The van der Waals surface area contributed by atoms with Gasteiger partial charge in [0, 0.05) is 33.9 Å². The third kappa shape index (κ3) is 2.94. The quantitative estimate of drug-likeness (QED) is 0.479. The van der Waals surface area contributed by atoms with Gasteiger partial charge in [-0.25, -0.2) is 4.39 Å². The van der Waals surface area contributed by atoms with E-state index in [-0.39, 0.29) is 17.3 Å². The van der Waals surface area contributed by atoms with Crippen LogP contribution in [0.3, 0.4) is 0 Å². The van der Waals surface area contributed by atoms with Crippen molar-refractivity contribution in [2.45, 2.75) is 24.9 Å². The van der Waals surface area contributed by atoms with Crippen LogP contribution in [0.1, 0.15) is 44.7 Å². The maximum absolute atomic E-state index is 14.4. The standard InChI is InChI=1S/C30H24FNO5/c1-16(33)27-26(22-15-19(36-2)10-12-24(22)37-3)30(28(34)20-6-4-5-7-21(20)29(30)35)25-13-8-17-14-18(31)9-11-23(17)32(25)27/h4-15,25-27H,1-3H3/t25-,26+,27-/m0/s1. The van der Waals surface area contributed by atoms with Gasteiger partial charge in [-0.15, -0.1) is 0 Å². The number of benzene rings is 3. The Morgan fingerprint density at radius 2 is 1.65 bits per heavy atom. The van der Waals surface area contributed by atoms with E-state index in [1.165, 1.54) is 33.3 Å². The molecule has 3 aromatic rings. The number of ether oxygens (including phenoxy) is 2. The minimum absolute atomic E-state index is 0.223. The molecule has 1 aliphatic carbocycles. The maximum Gasteiger partial charge on any atom is 0.180 e. The first-order chi connectivity index (χ1) is 17.8. The second kappa shape index (κ2) is 8.13. The molecule has 0 bridgehead atoms. The highest BCUT2D eigenvalue weighted by atomic mass is 19.1. The lowest BCUT2D eigenvalue weighted by Crippen LogP contribution is -2.48. The Labute approximate surface area is 213 Å². The van der Waals surface area contributed by atoms with Crippen LogP contribution in [-0.2, 0) is 4.79 Å². The zero-order chi connectivity index (χ0) is 26.1. The zero-order valence-electron chi connectivity index (χ0n) is 20.5. The fraction of sp³-hybridized carbons (Fsp3) is 0.233. The molecular weight excluding hydrogens is 473 g/mol. The van der Waals surface area contributed by atoms with E-state index in [0.717, 1.165) is 0 Å². The van der Waals surface area contributed by atoms with Crippen LogP contribution < -0.4 is 14.4 Å². The fourth-order valence-electron chi connectivity index (χ4n) is 6.53. The van der Waals surface area contributed by atoms with Gasteiger partial charge in [0.25, 0.3) is 0 Å². The van der Waals surface area contributed by atoms with Gasteiger partial charge in [0.1, 0.15) is 22.7 Å². The van der Waals surface area contributed by atoms with E-state index in [1.807, 2.05) is 4.90 Å². The molecule has 0 amide bonds. The van der Waals surface area contributed by atoms with E-state index in [0.29, 0.717) is 39.4 Å². The number of carbonyl (C=O) groups is 3. The van der Waals surface area contributed by atoms with Gasteiger partial charge in [-0.2, -0.15) is 0 Å². The summed E-state index contributed by atoms with van der Waals surface area (Å²) >= 11 is 0. The first-order valence-corrected chi connectivity index (χ1v) is 12.0. The summed E-state index contributed by atoms with van der Waals surface area (Å²) < 4.78 is 25.3. The fourth-order valence-corrected chi connectivity index (χ4v) is 6.53. The molecule has 0 aromatic heterocycles. The summed E-state index contributed by atoms with van der Waals surface area (Å²) in [4.78, 5) is 44.2. The average Bonchev–Trinajstić information content (AvgIpc) is 3.34. The molecule has 186 valence electrons. The van der Waals surface area contributed by atoms with Gasteiger partial charge in [-0.05, 0) is 43.3 Å². The van der Waals surface area contributed by atoms with E-state index < -0.39 is 29.2 Å². The molecule has 6 rings (SSSR count). The summed E-state index contributed by atoms with van der Waals surface area (Å²) in [5.41, 5.74) is 0.731. The highest BCUT2D eigenvalue weighted by molar-refractivity contribution is 6.32. The van der Waals surface area contributed by atoms with Gasteiger partial charge >= 0.3 is 0 Å². The highest BCUT2D eigenvalue weighted by Crippen LogP contribution is 2.61. The van der Waals surface area contributed by atoms with E-state index in [2.05, 4.69) is 0 Å². The van der Waals surface area contributed by atoms with Crippen molar-refractivity contribution in [1.29, 1.82) is 0 Å². The molecule has 1 saturated heterocycles. The Morgan fingerprint density at radius 1 is 0.946 bits per heavy atom. The molecule has 3 aliphatic rings. The number of methoxy groups -OCH3 is 2. The molecule has 1 fully saturated rings. The highest BCUT2D eigenvalue weighted by Gasteiger charge is 2.71. The maximum atomic E-state index is 14.4. The van der Waals surface area contributed by atoms with Crippen molar-refractivity contribution in [2.75, 3.05) is 19.1 Å². The third-order valence-electron chi connectivity index (χ3n) is 7.95. The molecule has 0 radical (unpaired) electrons. The van der Waals surface area contributed by atoms with Crippen LogP contribution in [0.2, 0.25) is 0 Å². The van der Waals surface area contributed by atoms with Crippen molar-refractivity contribution in [3.63, 3.8) is 0 Å². The van der Waals surface area contributed by atoms with E-state index in [9.17, 15) is 18.8 Å². The Hall–Kier alpha value is -4.26. The number of hydrogen-bond acceptors (Lipinski definition) is 6. The molecule has 37 heavy (non-hydrogen) atoms. The molecule has 2 heterocycles. The first kappa shape index (κ1) is 23.2. The van der Waals surface area contributed by atoms with Crippen molar-refractivity contribution in [2.24, 2.45) is 5.41 Å². The van der Waals surface area contributed by atoms with Gasteiger partial charge in [0.05, 0.1) is 26.3 Å². The van der Waals surface area contributed by atoms with Crippen molar-refractivity contribution in [3.8, 4) is 11.5 Å². The van der Waals surface area contributed by atoms with Crippen LogP contribution in [-0.4, -0.2) is 43.7 Å². The van der Waals surface area contributed by atoms with Crippen LogP contribution in [0.15, 0.2) is 66.7 Å². The number of anilines is 1. The predicted molar refractivity (Wildman–Crippen MR) is 136 cm³/mol. The smallest absolute Gasteiger partial charge is 0.180 e. The first-order valence-electron chi connectivity index (χ1n) is 12.0. The zero-order valence-corrected chi connectivity index (χ0v) is 20.5. The average molecular weight is 498 g/mol. The summed E-state index contributed by atoms with van der Waals surface area (Å²) in [5, 5.41) is 0. The number of fused-ring (bicyclic) bond motifs is 5. The second-order valence-corrected chi connectivity index (χ2v) is 9.63. The Morgan fingerprint density at radius 3 is 2.27 bits per heavy atom. The predicted octanol–water partition coefficient (Wildman–Crippen LogP) is 4.87. The number of ketones is 3. The molecule has 0 saturated carbocycles. The SMILES string of the molecule is COc1ccc(OC)c([C@@H]2[C@H](C(C)=O)N3c4ccc(F)cc4C=C[C@H]3C23C(=O)c2ccccc2C3=O)c1. The second-order valence-electron chi connectivity index (χ2n) is 9.63. The molecule has 7 heteroatoms. The Bertz CT molecular complexity index is 1490. The van der Waals surface area contributed by atoms with Crippen LogP contribution in [0.4, 0.5) is 10.1 Å². The number of nitrogens with zero attached hydrogens (tertiary/aromatic N) is 1. The summed E-state index contributed by atoms with van der Waals surface area (Å²) in [6.07, 6.45) is 3.49. The normalized spacial score (nSPS) is 22.6. The summed E-state index contributed by atoms with van der Waals surface area (Å²) in [5.74, 6) is -1.26. The number of hydrogen-bond donors (Lipinski definition) is 0. The number of rotatable bonds is 4.